The Balaban J connectivity index is 2.15. The molecule has 0 radical (unpaired) electrons. The molecule has 1 saturated carbocycles. The molecule has 8 nitrogen and oxygen atoms in total. The molecule has 0 aliphatic heterocycles. The van der Waals surface area contributed by atoms with E-state index in [0.717, 1.165) is 18.2 Å². The summed E-state index contributed by atoms with van der Waals surface area (Å²) in [6.07, 6.45) is -3.67. The van der Waals surface area contributed by atoms with E-state index in [1.165, 1.54) is 0 Å². The number of nitrogens with one attached hydrogen (secondary N) is 1. The molecule has 2 N–H and O–H groups in total. The van der Waals surface area contributed by atoms with Gasteiger partial charge < -0.3 is 15.2 Å². The second kappa shape index (κ2) is 7.58. The average Bonchev–Trinajstić information content (AvgIpc) is 3.00. The highest BCUT2D eigenvalue weighted by Gasteiger charge is 2.32. The lowest BCUT2D eigenvalue weighted by Crippen LogP contribution is -2.33. The molecular formula is C15H15F3N2O6. The number of aliphatic carboxylic acids is 1. The fourth-order valence-electron chi connectivity index (χ4n) is 2.71. The van der Waals surface area contributed by atoms with Crippen molar-refractivity contribution in [2.75, 3.05) is 6.61 Å². The zero-order valence-electron chi connectivity index (χ0n) is 13.3. The first-order chi connectivity index (χ1) is 12.1. The highest BCUT2D eigenvalue weighted by atomic mass is 19.4. The van der Waals surface area contributed by atoms with E-state index in [2.05, 4.69) is 10.1 Å². The summed E-state index contributed by atoms with van der Waals surface area (Å²) in [5.74, 6) is -2.81. The van der Waals surface area contributed by atoms with Crippen molar-refractivity contribution < 1.29 is 37.5 Å². The Hall–Kier alpha value is -2.85. The number of halogens is 3. The molecule has 11 heteroatoms. The van der Waals surface area contributed by atoms with Crippen LogP contribution in [0.15, 0.2) is 18.2 Å². The summed E-state index contributed by atoms with van der Waals surface area (Å²) in [6, 6.07) is 2.23. The van der Waals surface area contributed by atoms with Gasteiger partial charge in [0.2, 0.25) is 0 Å². The van der Waals surface area contributed by atoms with Gasteiger partial charge in [-0.2, -0.15) is 13.2 Å². The lowest BCUT2D eigenvalue weighted by molar-refractivity contribution is -0.385. The summed E-state index contributed by atoms with van der Waals surface area (Å²) >= 11 is 0. The van der Waals surface area contributed by atoms with Crippen LogP contribution < -0.4 is 10.1 Å². The maximum atomic E-state index is 12.3. The Bertz CT molecular complexity index is 722. The molecule has 0 heterocycles. The van der Waals surface area contributed by atoms with Crippen molar-refractivity contribution in [2.45, 2.75) is 31.5 Å². The third-order valence-corrected chi connectivity index (χ3v) is 3.93. The number of nitro groups is 1. The minimum absolute atomic E-state index is 0.180. The van der Waals surface area contributed by atoms with Gasteiger partial charge in [0.25, 0.3) is 11.6 Å². The van der Waals surface area contributed by atoms with Crippen LogP contribution in [0.1, 0.15) is 29.6 Å². The van der Waals surface area contributed by atoms with E-state index in [9.17, 15) is 32.9 Å². The van der Waals surface area contributed by atoms with Crippen LogP contribution in [0, 0.1) is 16.0 Å². The molecule has 26 heavy (non-hydrogen) atoms. The van der Waals surface area contributed by atoms with Crippen LogP contribution in [-0.2, 0) is 4.79 Å². The lowest BCUT2D eigenvalue weighted by Gasteiger charge is -2.14. The Morgan fingerprint density at radius 2 is 2.04 bits per heavy atom. The maximum absolute atomic E-state index is 12.3. The van der Waals surface area contributed by atoms with Crippen molar-refractivity contribution in [2.24, 2.45) is 5.92 Å². The van der Waals surface area contributed by atoms with E-state index >= 15 is 0 Å². The number of hydrogen-bond donors (Lipinski definition) is 2. The minimum atomic E-state index is -4.60. The molecule has 142 valence electrons. The van der Waals surface area contributed by atoms with Gasteiger partial charge in [-0.1, -0.05) is 0 Å². The Kier molecular flexibility index (Phi) is 5.68. The number of carbonyl (C=O) groups excluding carboxylic acids is 1. The van der Waals surface area contributed by atoms with Crippen molar-refractivity contribution >= 4 is 17.6 Å². The number of hydrogen-bond acceptors (Lipinski definition) is 5. The van der Waals surface area contributed by atoms with Crippen LogP contribution in [-0.4, -0.2) is 40.7 Å². The molecule has 1 aromatic carbocycles. The van der Waals surface area contributed by atoms with Crippen molar-refractivity contribution in [3.8, 4) is 5.75 Å². The quantitative estimate of drug-likeness (QED) is 0.582. The number of nitro benzene ring substituents is 1. The molecule has 1 aliphatic rings. The largest absolute Gasteiger partial charge is 0.484 e. The summed E-state index contributed by atoms with van der Waals surface area (Å²) in [7, 11) is 0. The molecule has 1 aromatic rings. The lowest BCUT2D eigenvalue weighted by atomic mass is 10.1. The Labute approximate surface area is 145 Å². The molecule has 0 aromatic heterocycles. The number of alkyl halides is 3. The van der Waals surface area contributed by atoms with Crippen LogP contribution >= 0.6 is 0 Å². The molecule has 0 unspecified atom stereocenters. The Morgan fingerprint density at radius 1 is 1.35 bits per heavy atom. The van der Waals surface area contributed by atoms with Crippen LogP contribution in [0.5, 0.6) is 5.75 Å². The van der Waals surface area contributed by atoms with Crippen molar-refractivity contribution in [3.05, 3.63) is 33.9 Å². The van der Waals surface area contributed by atoms with Crippen LogP contribution in [0.2, 0.25) is 0 Å². The van der Waals surface area contributed by atoms with Gasteiger partial charge in [0.05, 0.1) is 10.8 Å². The van der Waals surface area contributed by atoms with Gasteiger partial charge in [0.1, 0.15) is 11.3 Å². The summed E-state index contributed by atoms with van der Waals surface area (Å²) < 4.78 is 41.2. The zero-order valence-corrected chi connectivity index (χ0v) is 13.3. The van der Waals surface area contributed by atoms with Crippen molar-refractivity contribution in [1.82, 2.24) is 5.32 Å². The second-order valence-electron chi connectivity index (χ2n) is 5.86. The molecule has 0 spiro atoms. The number of carboxylic acid groups (broad SMARTS) is 1. The van der Waals surface area contributed by atoms with Crippen LogP contribution in [0.4, 0.5) is 18.9 Å². The summed E-state index contributed by atoms with van der Waals surface area (Å²) in [6.45, 7) is -1.60. The van der Waals surface area contributed by atoms with E-state index in [1.54, 1.807) is 0 Å². The third kappa shape index (κ3) is 5.07. The maximum Gasteiger partial charge on any atom is 0.422 e. The van der Waals surface area contributed by atoms with Gasteiger partial charge in [0.15, 0.2) is 6.61 Å². The van der Waals surface area contributed by atoms with E-state index < -0.39 is 52.8 Å². The molecule has 1 fully saturated rings. The fourth-order valence-corrected chi connectivity index (χ4v) is 2.71. The van der Waals surface area contributed by atoms with Gasteiger partial charge in [-0.25, -0.2) is 0 Å². The number of nitrogens with zero attached hydrogens (tertiary/aromatic N) is 1. The number of amides is 1. The van der Waals surface area contributed by atoms with Gasteiger partial charge >= 0.3 is 12.1 Å². The molecule has 0 saturated heterocycles. The average molecular weight is 376 g/mol. The summed E-state index contributed by atoms with van der Waals surface area (Å²) in [5.41, 5.74) is -1.04. The number of carboxylic acids is 1. The molecule has 2 atom stereocenters. The van der Waals surface area contributed by atoms with Crippen LogP contribution in [0.25, 0.3) is 0 Å². The molecule has 1 amide bonds. The van der Waals surface area contributed by atoms with E-state index in [1.807, 2.05) is 0 Å². The number of benzene rings is 1. The van der Waals surface area contributed by atoms with Gasteiger partial charge in [-0.3, -0.25) is 19.7 Å². The van der Waals surface area contributed by atoms with Gasteiger partial charge in [-0.05, 0) is 31.4 Å². The monoisotopic (exact) mass is 376 g/mol. The van der Waals surface area contributed by atoms with Crippen LogP contribution in [0.3, 0.4) is 0 Å². The first-order valence-electron chi connectivity index (χ1n) is 7.58. The predicted octanol–water partition coefficient (Wildman–Crippen LogP) is 2.52. The summed E-state index contributed by atoms with van der Waals surface area (Å²) in [5, 5.41) is 22.5. The van der Waals surface area contributed by atoms with E-state index in [4.69, 9.17) is 5.11 Å². The number of carbonyl (C=O) groups is 2. The Morgan fingerprint density at radius 3 is 2.58 bits per heavy atom. The summed E-state index contributed by atoms with van der Waals surface area (Å²) in [4.78, 5) is 33.5. The van der Waals surface area contributed by atoms with Gasteiger partial charge in [0, 0.05) is 12.1 Å². The minimum Gasteiger partial charge on any atom is -0.484 e. The standard InChI is InChI=1S/C15H15F3N2O6/c16-15(17,18)7-26-10-3-4-12(20(24)25)11(6-10)13(21)19-9-2-1-8(5-9)14(22)23/h3-4,6,8-9H,1-2,5,7H2,(H,19,21)(H,22,23)/t8-,9+/m1/s1. The molecule has 1 aliphatic carbocycles. The SMILES string of the molecule is O=C(N[C@H]1CC[C@@H](C(=O)O)C1)c1cc(OCC(F)(F)F)ccc1[N+](=O)[O-]. The second-order valence-corrected chi connectivity index (χ2v) is 5.86. The van der Waals surface area contributed by atoms with Gasteiger partial charge in [-0.15, -0.1) is 0 Å². The molecule has 2 rings (SSSR count). The van der Waals surface area contributed by atoms with E-state index in [0.29, 0.717) is 12.8 Å². The van der Waals surface area contributed by atoms with Crippen molar-refractivity contribution in [3.63, 3.8) is 0 Å². The normalized spacial score (nSPS) is 19.8. The van der Waals surface area contributed by atoms with E-state index in [-0.39, 0.29) is 12.2 Å². The first-order valence-corrected chi connectivity index (χ1v) is 7.58. The smallest absolute Gasteiger partial charge is 0.422 e. The fraction of sp³-hybridized carbons (Fsp3) is 0.467. The number of ether oxygens (including phenoxy) is 1. The topological polar surface area (TPSA) is 119 Å². The predicted molar refractivity (Wildman–Crippen MR) is 80.9 cm³/mol. The highest BCUT2D eigenvalue weighted by molar-refractivity contribution is 5.98. The molecule has 0 bridgehead atoms. The molecular weight excluding hydrogens is 361 g/mol. The zero-order chi connectivity index (χ0) is 19.5. The first kappa shape index (κ1) is 19.5. The third-order valence-electron chi connectivity index (χ3n) is 3.93. The number of rotatable bonds is 6. The van der Waals surface area contributed by atoms with Crippen molar-refractivity contribution in [1.29, 1.82) is 0 Å². The highest BCUT2D eigenvalue weighted by Crippen LogP contribution is 2.28.